The maximum absolute atomic E-state index is 12.8. The Bertz CT molecular complexity index is 631. The van der Waals surface area contributed by atoms with Crippen LogP contribution in [0.5, 0.6) is 0 Å². The summed E-state index contributed by atoms with van der Waals surface area (Å²) in [6.07, 6.45) is 3.18. The molecule has 1 aromatic carbocycles. The SMILES string of the molecule is CC(C)C[C@H](CC(=O)C[C@@H](Cc1ccccc1)C(=O)NCC1CCCO1)B(O)O. The van der Waals surface area contributed by atoms with E-state index < -0.39 is 18.9 Å². The molecule has 1 saturated heterocycles. The Morgan fingerprint density at radius 1 is 1.21 bits per heavy atom. The van der Waals surface area contributed by atoms with E-state index in [4.69, 9.17) is 4.74 Å². The van der Waals surface area contributed by atoms with Crippen molar-refractivity contribution in [2.24, 2.45) is 11.8 Å². The molecule has 1 fully saturated rings. The largest absolute Gasteiger partial charge is 0.455 e. The number of ketones is 1. The Hall–Kier alpha value is -1.70. The summed E-state index contributed by atoms with van der Waals surface area (Å²) in [5, 5.41) is 22.2. The average Bonchev–Trinajstić information content (AvgIpc) is 3.19. The van der Waals surface area contributed by atoms with Gasteiger partial charge in [-0.3, -0.25) is 9.59 Å². The van der Waals surface area contributed by atoms with Gasteiger partial charge in [0.1, 0.15) is 5.78 Å². The van der Waals surface area contributed by atoms with Crippen molar-refractivity contribution in [3.8, 4) is 0 Å². The van der Waals surface area contributed by atoms with Crippen molar-refractivity contribution in [1.82, 2.24) is 5.32 Å². The number of benzene rings is 1. The summed E-state index contributed by atoms with van der Waals surface area (Å²) in [7, 11) is -1.53. The van der Waals surface area contributed by atoms with Gasteiger partial charge in [-0.1, -0.05) is 44.2 Å². The number of amides is 1. The summed E-state index contributed by atoms with van der Waals surface area (Å²) >= 11 is 0. The van der Waals surface area contributed by atoms with Crippen LogP contribution in [0, 0.1) is 11.8 Å². The molecule has 1 heterocycles. The minimum atomic E-state index is -1.53. The molecule has 0 aliphatic carbocycles. The molecule has 2 rings (SSSR count). The van der Waals surface area contributed by atoms with Crippen LogP contribution in [0.2, 0.25) is 5.82 Å². The van der Waals surface area contributed by atoms with Crippen molar-refractivity contribution in [3.05, 3.63) is 35.9 Å². The molecule has 6 nitrogen and oxygen atoms in total. The molecule has 0 spiro atoms. The molecule has 29 heavy (non-hydrogen) atoms. The third-order valence-electron chi connectivity index (χ3n) is 5.38. The minimum Gasteiger partial charge on any atom is -0.427 e. The summed E-state index contributed by atoms with van der Waals surface area (Å²) in [5.41, 5.74) is 0.999. The van der Waals surface area contributed by atoms with E-state index >= 15 is 0 Å². The molecule has 0 radical (unpaired) electrons. The number of nitrogens with one attached hydrogen (secondary N) is 1. The van der Waals surface area contributed by atoms with Crippen LogP contribution in [0.15, 0.2) is 30.3 Å². The van der Waals surface area contributed by atoms with Gasteiger partial charge in [-0.2, -0.15) is 0 Å². The first-order valence-electron chi connectivity index (χ1n) is 10.7. The third kappa shape index (κ3) is 8.68. The molecule has 3 N–H and O–H groups in total. The second kappa shape index (κ2) is 12.1. The molecule has 1 amide bonds. The van der Waals surface area contributed by atoms with Crippen molar-refractivity contribution >= 4 is 18.8 Å². The lowest BCUT2D eigenvalue weighted by atomic mass is 9.66. The molecule has 160 valence electrons. The van der Waals surface area contributed by atoms with E-state index in [0.29, 0.717) is 19.4 Å². The third-order valence-corrected chi connectivity index (χ3v) is 5.38. The van der Waals surface area contributed by atoms with Crippen molar-refractivity contribution in [2.45, 2.75) is 64.3 Å². The predicted molar refractivity (Wildman–Crippen MR) is 113 cm³/mol. The number of hydrogen-bond acceptors (Lipinski definition) is 5. The Morgan fingerprint density at radius 2 is 1.93 bits per heavy atom. The van der Waals surface area contributed by atoms with E-state index in [9.17, 15) is 19.6 Å². The fourth-order valence-corrected chi connectivity index (χ4v) is 3.89. The number of Topliss-reactive ketones (excluding diaryl/α,β-unsaturated/α-hetero) is 1. The van der Waals surface area contributed by atoms with Crippen LogP contribution in [0.25, 0.3) is 0 Å². The van der Waals surface area contributed by atoms with Crippen LogP contribution < -0.4 is 5.32 Å². The van der Waals surface area contributed by atoms with Crippen molar-refractivity contribution in [2.75, 3.05) is 13.2 Å². The molecular formula is C22H34BNO5. The van der Waals surface area contributed by atoms with Crippen molar-refractivity contribution in [1.29, 1.82) is 0 Å². The molecule has 0 aromatic heterocycles. The first-order valence-corrected chi connectivity index (χ1v) is 10.7. The summed E-state index contributed by atoms with van der Waals surface area (Å²) < 4.78 is 5.56. The average molecular weight is 403 g/mol. The Kier molecular flexibility index (Phi) is 9.84. The molecule has 0 saturated carbocycles. The second-order valence-electron chi connectivity index (χ2n) is 8.52. The van der Waals surface area contributed by atoms with Crippen LogP contribution in [-0.2, 0) is 20.7 Å². The highest BCUT2D eigenvalue weighted by Gasteiger charge is 2.29. The summed E-state index contributed by atoms with van der Waals surface area (Å²) in [4.78, 5) is 25.5. The van der Waals surface area contributed by atoms with Crippen molar-refractivity contribution in [3.63, 3.8) is 0 Å². The zero-order valence-electron chi connectivity index (χ0n) is 17.5. The van der Waals surface area contributed by atoms with Gasteiger partial charge in [0.05, 0.1) is 6.10 Å². The molecule has 3 atom stereocenters. The fourth-order valence-electron chi connectivity index (χ4n) is 3.89. The molecular weight excluding hydrogens is 369 g/mol. The number of carbonyl (C=O) groups excluding carboxylic acids is 2. The topological polar surface area (TPSA) is 95.9 Å². The normalized spacial score (nSPS) is 18.4. The zero-order chi connectivity index (χ0) is 21.2. The van der Waals surface area contributed by atoms with E-state index in [-0.39, 0.29) is 36.6 Å². The van der Waals surface area contributed by atoms with E-state index in [1.807, 2.05) is 44.2 Å². The highest BCUT2D eigenvalue weighted by molar-refractivity contribution is 6.43. The van der Waals surface area contributed by atoms with Crippen molar-refractivity contribution < 1.29 is 24.4 Å². The lowest BCUT2D eigenvalue weighted by molar-refractivity contribution is -0.129. The second-order valence-corrected chi connectivity index (χ2v) is 8.52. The summed E-state index contributed by atoms with van der Waals surface area (Å²) in [6, 6.07) is 9.65. The van der Waals surface area contributed by atoms with Crippen LogP contribution in [0.4, 0.5) is 0 Å². The van der Waals surface area contributed by atoms with E-state index in [2.05, 4.69) is 5.32 Å². The molecule has 1 aliphatic heterocycles. The van der Waals surface area contributed by atoms with Crippen LogP contribution in [-0.4, -0.2) is 48.1 Å². The highest BCUT2D eigenvalue weighted by atomic mass is 16.5. The molecule has 0 bridgehead atoms. The van der Waals surface area contributed by atoms with E-state index in [1.54, 1.807) is 0 Å². The summed E-state index contributed by atoms with van der Waals surface area (Å²) in [5.74, 6) is -0.999. The smallest absolute Gasteiger partial charge is 0.427 e. The Labute approximate surface area is 174 Å². The van der Waals surface area contributed by atoms with Crippen LogP contribution in [0.3, 0.4) is 0 Å². The van der Waals surface area contributed by atoms with Gasteiger partial charge in [0.2, 0.25) is 5.91 Å². The number of ether oxygens (including phenoxy) is 1. The number of hydrogen-bond donors (Lipinski definition) is 3. The monoisotopic (exact) mass is 403 g/mol. The highest BCUT2D eigenvalue weighted by Crippen LogP contribution is 2.25. The van der Waals surface area contributed by atoms with E-state index in [0.717, 1.165) is 25.0 Å². The zero-order valence-corrected chi connectivity index (χ0v) is 17.5. The minimum absolute atomic E-state index is 0.0481. The Morgan fingerprint density at radius 3 is 2.52 bits per heavy atom. The summed E-state index contributed by atoms with van der Waals surface area (Å²) in [6.45, 7) is 5.16. The maximum atomic E-state index is 12.8. The lowest BCUT2D eigenvalue weighted by Gasteiger charge is -2.21. The first kappa shape index (κ1) is 23.6. The number of rotatable bonds is 12. The molecule has 1 unspecified atom stereocenters. The first-order chi connectivity index (χ1) is 13.8. The lowest BCUT2D eigenvalue weighted by Crippen LogP contribution is -2.38. The van der Waals surface area contributed by atoms with Gasteiger partial charge in [-0.15, -0.1) is 0 Å². The van der Waals surface area contributed by atoms with E-state index in [1.165, 1.54) is 0 Å². The van der Waals surface area contributed by atoms with Crippen LogP contribution in [0.1, 0.15) is 51.5 Å². The molecule has 7 heteroatoms. The quantitative estimate of drug-likeness (QED) is 0.466. The standard InChI is InChI=1S/C22H34BNO5/c1-16(2)11-19(23(27)28)14-20(25)13-18(12-17-7-4-3-5-8-17)22(26)24-15-21-9-6-10-29-21/h3-5,7-8,16,18-19,21,27-28H,6,9-15H2,1-2H3,(H,24,26)/t18-,19-,21?/m1/s1. The number of carbonyl (C=O) groups is 2. The van der Waals surface area contributed by atoms with Gasteiger partial charge < -0.3 is 20.1 Å². The van der Waals surface area contributed by atoms with Gasteiger partial charge in [0.15, 0.2) is 0 Å². The Balaban J connectivity index is 1.98. The van der Waals surface area contributed by atoms with Gasteiger partial charge in [0, 0.05) is 37.7 Å². The molecule has 1 aliphatic rings. The maximum Gasteiger partial charge on any atom is 0.455 e. The molecule has 1 aromatic rings. The van der Waals surface area contributed by atoms with Gasteiger partial charge in [-0.25, -0.2) is 0 Å². The van der Waals surface area contributed by atoms with Crippen LogP contribution >= 0.6 is 0 Å². The van der Waals surface area contributed by atoms with Gasteiger partial charge >= 0.3 is 7.12 Å². The fraction of sp³-hybridized carbons (Fsp3) is 0.636. The van der Waals surface area contributed by atoms with Gasteiger partial charge in [0.25, 0.3) is 0 Å². The van der Waals surface area contributed by atoms with Gasteiger partial charge in [-0.05, 0) is 37.2 Å². The predicted octanol–water partition coefficient (Wildman–Crippen LogP) is 2.38.